The summed E-state index contributed by atoms with van der Waals surface area (Å²) in [4.78, 5) is 10.4. The molecule has 0 aliphatic heterocycles. The van der Waals surface area contributed by atoms with E-state index in [1.807, 2.05) is 0 Å². The zero-order valence-corrected chi connectivity index (χ0v) is 5.29. The van der Waals surface area contributed by atoms with Crippen LogP contribution >= 0.6 is 0 Å². The standard InChI is InChI=1S/C6H10O3/c1-2-6(5(8)9)3-4(6)7/h4,7H,2-3H2,1H3,(H,8,9). The summed E-state index contributed by atoms with van der Waals surface area (Å²) in [5, 5.41) is 17.4. The molecule has 52 valence electrons. The normalized spacial score (nSPS) is 40.4. The van der Waals surface area contributed by atoms with Gasteiger partial charge in [0.2, 0.25) is 0 Å². The minimum atomic E-state index is -0.863. The molecule has 0 bridgehead atoms. The smallest absolute Gasteiger partial charge is 0.312 e. The number of aliphatic hydroxyl groups excluding tert-OH is 1. The van der Waals surface area contributed by atoms with Crippen molar-refractivity contribution in [3.05, 3.63) is 0 Å². The van der Waals surface area contributed by atoms with Gasteiger partial charge in [-0.05, 0) is 12.8 Å². The topological polar surface area (TPSA) is 57.5 Å². The van der Waals surface area contributed by atoms with Crippen LogP contribution in [-0.4, -0.2) is 22.3 Å². The molecule has 2 unspecified atom stereocenters. The molecule has 0 heterocycles. The fourth-order valence-electron chi connectivity index (χ4n) is 1.05. The van der Waals surface area contributed by atoms with Gasteiger partial charge in [-0.25, -0.2) is 0 Å². The molecule has 1 fully saturated rings. The summed E-state index contributed by atoms with van der Waals surface area (Å²) >= 11 is 0. The second kappa shape index (κ2) is 1.70. The van der Waals surface area contributed by atoms with E-state index in [-0.39, 0.29) is 0 Å². The van der Waals surface area contributed by atoms with Crippen LogP contribution in [0.4, 0.5) is 0 Å². The summed E-state index contributed by atoms with van der Waals surface area (Å²) in [6, 6.07) is 0. The fourth-order valence-corrected chi connectivity index (χ4v) is 1.05. The van der Waals surface area contributed by atoms with Crippen molar-refractivity contribution < 1.29 is 15.0 Å². The fraction of sp³-hybridized carbons (Fsp3) is 0.833. The van der Waals surface area contributed by atoms with Gasteiger partial charge in [-0.2, -0.15) is 0 Å². The van der Waals surface area contributed by atoms with E-state index in [1.165, 1.54) is 0 Å². The van der Waals surface area contributed by atoms with Crippen LogP contribution < -0.4 is 0 Å². The van der Waals surface area contributed by atoms with Crippen molar-refractivity contribution in [3.63, 3.8) is 0 Å². The molecule has 1 saturated carbocycles. The summed E-state index contributed by atoms with van der Waals surface area (Å²) in [6.45, 7) is 1.78. The van der Waals surface area contributed by atoms with Crippen LogP contribution in [0.5, 0.6) is 0 Å². The van der Waals surface area contributed by atoms with E-state index in [4.69, 9.17) is 10.2 Å². The molecule has 0 amide bonds. The second-order valence-corrected chi connectivity index (χ2v) is 2.53. The molecule has 3 nitrogen and oxygen atoms in total. The van der Waals surface area contributed by atoms with Gasteiger partial charge < -0.3 is 10.2 Å². The third-order valence-corrected chi connectivity index (χ3v) is 2.09. The largest absolute Gasteiger partial charge is 0.481 e. The van der Waals surface area contributed by atoms with Gasteiger partial charge in [0.15, 0.2) is 0 Å². The summed E-state index contributed by atoms with van der Waals surface area (Å²) in [7, 11) is 0. The van der Waals surface area contributed by atoms with Crippen LogP contribution in [-0.2, 0) is 4.79 Å². The Balaban J connectivity index is 2.62. The van der Waals surface area contributed by atoms with Crippen LogP contribution in [0.15, 0.2) is 0 Å². The molecule has 0 aromatic rings. The van der Waals surface area contributed by atoms with Crippen molar-refractivity contribution in [3.8, 4) is 0 Å². The molecular formula is C6H10O3. The lowest BCUT2D eigenvalue weighted by Crippen LogP contribution is -2.17. The molecule has 1 rings (SSSR count). The maximum atomic E-state index is 10.4. The quantitative estimate of drug-likeness (QED) is 0.562. The van der Waals surface area contributed by atoms with Crippen molar-refractivity contribution >= 4 is 5.97 Å². The van der Waals surface area contributed by atoms with E-state index in [2.05, 4.69) is 0 Å². The minimum Gasteiger partial charge on any atom is -0.481 e. The Labute approximate surface area is 53.3 Å². The Hall–Kier alpha value is -0.570. The van der Waals surface area contributed by atoms with Crippen molar-refractivity contribution in [2.75, 3.05) is 0 Å². The summed E-state index contributed by atoms with van der Waals surface area (Å²) in [5.74, 6) is -0.863. The third-order valence-electron chi connectivity index (χ3n) is 2.09. The number of rotatable bonds is 2. The third kappa shape index (κ3) is 0.721. The lowest BCUT2D eigenvalue weighted by Gasteiger charge is -2.03. The Morgan fingerprint density at radius 3 is 2.33 bits per heavy atom. The monoisotopic (exact) mass is 130 g/mol. The van der Waals surface area contributed by atoms with Gasteiger partial charge in [-0.15, -0.1) is 0 Å². The van der Waals surface area contributed by atoms with Crippen LogP contribution in [0.1, 0.15) is 19.8 Å². The predicted molar refractivity (Wildman–Crippen MR) is 31.0 cm³/mol. The molecule has 0 aromatic carbocycles. The first kappa shape index (κ1) is 6.55. The molecule has 2 N–H and O–H groups in total. The SMILES string of the molecule is CCC1(C(=O)O)CC1O. The highest BCUT2D eigenvalue weighted by Gasteiger charge is 2.58. The van der Waals surface area contributed by atoms with E-state index in [1.54, 1.807) is 6.92 Å². The summed E-state index contributed by atoms with van der Waals surface area (Å²) in [5.41, 5.74) is -0.778. The number of hydrogen-bond acceptors (Lipinski definition) is 2. The van der Waals surface area contributed by atoms with Crippen molar-refractivity contribution in [1.29, 1.82) is 0 Å². The molecular weight excluding hydrogens is 120 g/mol. The Morgan fingerprint density at radius 1 is 1.89 bits per heavy atom. The lowest BCUT2D eigenvalue weighted by atomic mass is 10.0. The highest BCUT2D eigenvalue weighted by Crippen LogP contribution is 2.48. The molecule has 1 aliphatic rings. The van der Waals surface area contributed by atoms with Gasteiger partial charge in [-0.1, -0.05) is 6.92 Å². The zero-order valence-electron chi connectivity index (χ0n) is 5.29. The lowest BCUT2D eigenvalue weighted by molar-refractivity contribution is -0.144. The minimum absolute atomic E-state index is 0.429. The first-order chi connectivity index (χ1) is 4.13. The van der Waals surface area contributed by atoms with Gasteiger partial charge in [0.1, 0.15) is 0 Å². The number of carbonyl (C=O) groups is 1. The van der Waals surface area contributed by atoms with Crippen LogP contribution in [0.3, 0.4) is 0 Å². The maximum absolute atomic E-state index is 10.4. The van der Waals surface area contributed by atoms with E-state index in [0.717, 1.165) is 0 Å². The highest BCUT2D eigenvalue weighted by atomic mass is 16.4. The van der Waals surface area contributed by atoms with Gasteiger partial charge >= 0.3 is 5.97 Å². The maximum Gasteiger partial charge on any atom is 0.312 e. The summed E-state index contributed by atoms with van der Waals surface area (Å²) in [6.07, 6.45) is 0.363. The second-order valence-electron chi connectivity index (χ2n) is 2.53. The zero-order chi connectivity index (χ0) is 7.07. The summed E-state index contributed by atoms with van der Waals surface area (Å²) < 4.78 is 0. The molecule has 0 saturated heterocycles. The van der Waals surface area contributed by atoms with Gasteiger partial charge in [0.25, 0.3) is 0 Å². The molecule has 0 radical (unpaired) electrons. The molecule has 1 aliphatic carbocycles. The van der Waals surface area contributed by atoms with E-state index < -0.39 is 17.5 Å². The highest BCUT2D eigenvalue weighted by molar-refractivity contribution is 5.79. The number of aliphatic hydroxyl groups is 1. The van der Waals surface area contributed by atoms with E-state index in [9.17, 15) is 4.79 Å². The van der Waals surface area contributed by atoms with Gasteiger partial charge in [0, 0.05) is 0 Å². The Morgan fingerprint density at radius 2 is 2.33 bits per heavy atom. The van der Waals surface area contributed by atoms with Crippen molar-refractivity contribution in [1.82, 2.24) is 0 Å². The average Bonchev–Trinajstić information content (AvgIpc) is 2.43. The van der Waals surface area contributed by atoms with Crippen LogP contribution in [0.25, 0.3) is 0 Å². The Kier molecular flexibility index (Phi) is 1.24. The number of carboxylic acids is 1. The molecule has 0 spiro atoms. The first-order valence-corrected chi connectivity index (χ1v) is 3.05. The van der Waals surface area contributed by atoms with Crippen LogP contribution in [0, 0.1) is 5.41 Å². The molecule has 2 atom stereocenters. The van der Waals surface area contributed by atoms with E-state index >= 15 is 0 Å². The van der Waals surface area contributed by atoms with E-state index in [0.29, 0.717) is 12.8 Å². The molecule has 0 aromatic heterocycles. The molecule has 9 heavy (non-hydrogen) atoms. The number of aliphatic carboxylic acids is 1. The van der Waals surface area contributed by atoms with Gasteiger partial charge in [0.05, 0.1) is 11.5 Å². The molecule has 3 heteroatoms. The number of hydrogen-bond donors (Lipinski definition) is 2. The first-order valence-electron chi connectivity index (χ1n) is 3.05. The van der Waals surface area contributed by atoms with Crippen molar-refractivity contribution in [2.24, 2.45) is 5.41 Å². The van der Waals surface area contributed by atoms with Crippen molar-refractivity contribution in [2.45, 2.75) is 25.9 Å². The van der Waals surface area contributed by atoms with Gasteiger partial charge in [-0.3, -0.25) is 4.79 Å². The number of carboxylic acid groups (broad SMARTS) is 1. The van der Waals surface area contributed by atoms with Crippen LogP contribution in [0.2, 0.25) is 0 Å². The predicted octanol–water partition coefficient (Wildman–Crippen LogP) is 0.232. The Bertz CT molecular complexity index is 139. The average molecular weight is 130 g/mol.